The number of anilines is 1. The van der Waals surface area contributed by atoms with Crippen LogP contribution >= 0.6 is 0 Å². The van der Waals surface area contributed by atoms with E-state index in [1.54, 1.807) is 18.5 Å². The van der Waals surface area contributed by atoms with Gasteiger partial charge in [0.25, 0.3) is 0 Å². The standard InChI is InChI=1S/C12H15N3O3/c16-10(8-11(17)18)9-2-6-15(7-3-9)12-13-4-1-5-14-12/h1,4-5,9H,2-3,6-8H2,(H,17,18). The van der Waals surface area contributed by atoms with E-state index in [0.29, 0.717) is 31.9 Å². The molecule has 0 aliphatic carbocycles. The second-order valence-corrected chi connectivity index (χ2v) is 4.35. The molecule has 6 nitrogen and oxygen atoms in total. The lowest BCUT2D eigenvalue weighted by molar-refractivity contribution is -0.141. The molecule has 0 radical (unpaired) electrons. The SMILES string of the molecule is O=C(O)CC(=O)C1CCN(c2ncccn2)CC1. The number of hydrogen-bond acceptors (Lipinski definition) is 5. The predicted octanol–water partition coefficient (Wildman–Crippen LogP) is 0.737. The number of carboxylic acids is 1. The van der Waals surface area contributed by atoms with Crippen molar-refractivity contribution in [2.45, 2.75) is 19.3 Å². The van der Waals surface area contributed by atoms with E-state index in [1.165, 1.54) is 0 Å². The third-order valence-electron chi connectivity index (χ3n) is 3.11. The first-order valence-electron chi connectivity index (χ1n) is 5.93. The smallest absolute Gasteiger partial charge is 0.310 e. The zero-order valence-corrected chi connectivity index (χ0v) is 9.95. The number of carbonyl (C=O) groups is 2. The normalized spacial score (nSPS) is 16.6. The number of nitrogens with zero attached hydrogens (tertiary/aromatic N) is 3. The van der Waals surface area contributed by atoms with Crippen molar-refractivity contribution >= 4 is 17.7 Å². The van der Waals surface area contributed by atoms with E-state index < -0.39 is 5.97 Å². The molecule has 0 unspecified atom stereocenters. The van der Waals surface area contributed by atoms with Crippen molar-refractivity contribution in [1.29, 1.82) is 0 Å². The molecule has 0 saturated carbocycles. The van der Waals surface area contributed by atoms with Crippen LogP contribution in [-0.2, 0) is 9.59 Å². The molecule has 0 bridgehead atoms. The van der Waals surface area contributed by atoms with E-state index in [4.69, 9.17) is 5.11 Å². The van der Waals surface area contributed by atoms with Gasteiger partial charge in [0.1, 0.15) is 12.2 Å². The average molecular weight is 249 g/mol. The van der Waals surface area contributed by atoms with Crippen LogP contribution < -0.4 is 4.90 Å². The van der Waals surface area contributed by atoms with E-state index in [0.717, 1.165) is 0 Å². The number of Topliss-reactive ketones (excluding diaryl/α,β-unsaturated/α-hetero) is 1. The third kappa shape index (κ3) is 3.03. The minimum atomic E-state index is -1.05. The quantitative estimate of drug-likeness (QED) is 0.792. The summed E-state index contributed by atoms with van der Waals surface area (Å²) in [5.74, 6) is -0.687. The van der Waals surface area contributed by atoms with Gasteiger partial charge in [0.05, 0.1) is 0 Å². The van der Waals surface area contributed by atoms with Crippen LogP contribution in [0.15, 0.2) is 18.5 Å². The van der Waals surface area contributed by atoms with Gasteiger partial charge in [0, 0.05) is 31.4 Å². The molecule has 0 atom stereocenters. The summed E-state index contributed by atoms with van der Waals surface area (Å²) in [5.41, 5.74) is 0. The van der Waals surface area contributed by atoms with E-state index in [-0.39, 0.29) is 18.1 Å². The van der Waals surface area contributed by atoms with Gasteiger partial charge in [-0.2, -0.15) is 0 Å². The maximum atomic E-state index is 11.6. The third-order valence-corrected chi connectivity index (χ3v) is 3.11. The van der Waals surface area contributed by atoms with Crippen LogP contribution in [0.25, 0.3) is 0 Å². The molecule has 1 aliphatic heterocycles. The Kier molecular flexibility index (Phi) is 3.86. The Morgan fingerprint density at radius 1 is 1.28 bits per heavy atom. The molecular weight excluding hydrogens is 234 g/mol. The lowest BCUT2D eigenvalue weighted by Crippen LogP contribution is -2.37. The Morgan fingerprint density at radius 2 is 1.89 bits per heavy atom. The van der Waals surface area contributed by atoms with Gasteiger partial charge in [-0.15, -0.1) is 0 Å². The van der Waals surface area contributed by atoms with Crippen molar-refractivity contribution in [2.24, 2.45) is 5.92 Å². The Bertz CT molecular complexity index is 427. The number of hydrogen-bond donors (Lipinski definition) is 1. The fourth-order valence-corrected chi connectivity index (χ4v) is 2.15. The van der Waals surface area contributed by atoms with Gasteiger partial charge in [-0.25, -0.2) is 9.97 Å². The van der Waals surface area contributed by atoms with Gasteiger partial charge in [-0.1, -0.05) is 0 Å². The van der Waals surface area contributed by atoms with Crippen molar-refractivity contribution < 1.29 is 14.7 Å². The number of carboxylic acid groups (broad SMARTS) is 1. The van der Waals surface area contributed by atoms with Crippen LogP contribution in [0.1, 0.15) is 19.3 Å². The van der Waals surface area contributed by atoms with Crippen molar-refractivity contribution in [3.63, 3.8) is 0 Å². The molecule has 1 aliphatic rings. The number of carbonyl (C=O) groups excluding carboxylic acids is 1. The fourth-order valence-electron chi connectivity index (χ4n) is 2.15. The van der Waals surface area contributed by atoms with Crippen LogP contribution in [0.3, 0.4) is 0 Å². The van der Waals surface area contributed by atoms with Gasteiger partial charge < -0.3 is 10.0 Å². The van der Waals surface area contributed by atoms with Crippen LogP contribution in [0.5, 0.6) is 0 Å². The monoisotopic (exact) mass is 249 g/mol. The van der Waals surface area contributed by atoms with Gasteiger partial charge in [-0.05, 0) is 18.9 Å². The molecule has 1 fully saturated rings. The Labute approximate surface area is 105 Å². The van der Waals surface area contributed by atoms with Crippen molar-refractivity contribution in [1.82, 2.24) is 9.97 Å². The van der Waals surface area contributed by atoms with Gasteiger partial charge in [-0.3, -0.25) is 9.59 Å². The summed E-state index contributed by atoms with van der Waals surface area (Å²) in [5, 5.41) is 8.59. The summed E-state index contributed by atoms with van der Waals surface area (Å²) in [6, 6.07) is 1.76. The topological polar surface area (TPSA) is 83.4 Å². The first-order valence-corrected chi connectivity index (χ1v) is 5.93. The van der Waals surface area contributed by atoms with Gasteiger partial charge in [0.2, 0.25) is 5.95 Å². The fraction of sp³-hybridized carbons (Fsp3) is 0.500. The Morgan fingerprint density at radius 3 is 2.44 bits per heavy atom. The molecule has 18 heavy (non-hydrogen) atoms. The maximum Gasteiger partial charge on any atom is 0.310 e. The molecular formula is C12H15N3O3. The molecule has 2 rings (SSSR count). The van der Waals surface area contributed by atoms with E-state index in [1.807, 2.05) is 4.90 Å². The second kappa shape index (κ2) is 5.57. The van der Waals surface area contributed by atoms with Crippen molar-refractivity contribution in [3.8, 4) is 0 Å². The average Bonchev–Trinajstić information content (AvgIpc) is 2.39. The van der Waals surface area contributed by atoms with Crippen LogP contribution in [-0.4, -0.2) is 39.9 Å². The Balaban J connectivity index is 1.88. The number of aromatic nitrogens is 2. The van der Waals surface area contributed by atoms with Crippen LogP contribution in [0.2, 0.25) is 0 Å². The molecule has 0 amide bonds. The zero-order valence-electron chi connectivity index (χ0n) is 9.95. The lowest BCUT2D eigenvalue weighted by Gasteiger charge is -2.30. The summed E-state index contributed by atoms with van der Waals surface area (Å²) in [7, 11) is 0. The van der Waals surface area contributed by atoms with E-state index in [9.17, 15) is 9.59 Å². The van der Waals surface area contributed by atoms with Gasteiger partial charge >= 0.3 is 5.97 Å². The first-order chi connectivity index (χ1) is 8.66. The highest BCUT2D eigenvalue weighted by molar-refractivity contribution is 5.96. The molecule has 2 heterocycles. The zero-order chi connectivity index (χ0) is 13.0. The summed E-state index contributed by atoms with van der Waals surface area (Å²) in [4.78, 5) is 32.4. The van der Waals surface area contributed by atoms with Gasteiger partial charge in [0.15, 0.2) is 0 Å². The molecule has 6 heteroatoms. The maximum absolute atomic E-state index is 11.6. The highest BCUT2D eigenvalue weighted by Crippen LogP contribution is 2.21. The van der Waals surface area contributed by atoms with Crippen molar-refractivity contribution in [3.05, 3.63) is 18.5 Å². The molecule has 1 aromatic rings. The highest BCUT2D eigenvalue weighted by Gasteiger charge is 2.26. The molecule has 0 aromatic carbocycles. The lowest BCUT2D eigenvalue weighted by atomic mass is 9.91. The highest BCUT2D eigenvalue weighted by atomic mass is 16.4. The summed E-state index contributed by atoms with van der Waals surface area (Å²) in [6.07, 6.45) is 4.34. The summed E-state index contributed by atoms with van der Waals surface area (Å²) >= 11 is 0. The van der Waals surface area contributed by atoms with E-state index >= 15 is 0 Å². The second-order valence-electron chi connectivity index (χ2n) is 4.35. The van der Waals surface area contributed by atoms with E-state index in [2.05, 4.69) is 9.97 Å². The van der Waals surface area contributed by atoms with Crippen LogP contribution in [0.4, 0.5) is 5.95 Å². The minimum Gasteiger partial charge on any atom is -0.481 e. The molecule has 96 valence electrons. The number of piperidine rings is 1. The Hall–Kier alpha value is -1.98. The molecule has 1 saturated heterocycles. The number of aliphatic carboxylic acids is 1. The molecule has 1 N–H and O–H groups in total. The summed E-state index contributed by atoms with van der Waals surface area (Å²) < 4.78 is 0. The summed E-state index contributed by atoms with van der Waals surface area (Å²) in [6.45, 7) is 1.39. The largest absolute Gasteiger partial charge is 0.481 e. The minimum absolute atomic E-state index is 0.138. The van der Waals surface area contributed by atoms with Crippen molar-refractivity contribution in [2.75, 3.05) is 18.0 Å². The number of rotatable bonds is 4. The first kappa shape index (κ1) is 12.5. The predicted molar refractivity (Wildman–Crippen MR) is 64.2 cm³/mol. The number of ketones is 1. The molecule has 1 aromatic heterocycles. The molecule has 0 spiro atoms. The van der Waals surface area contributed by atoms with Crippen LogP contribution in [0, 0.1) is 5.92 Å².